The van der Waals surface area contributed by atoms with Crippen molar-refractivity contribution in [1.82, 2.24) is 0 Å². The molecule has 5 heteroatoms. The third kappa shape index (κ3) is 3.37. The zero-order valence-corrected chi connectivity index (χ0v) is 10.8. The fraction of sp³-hybridized carbons (Fsp3) is 0.462. The minimum absolute atomic E-state index is 0.0154. The first-order valence-electron chi connectivity index (χ1n) is 5.69. The van der Waals surface area contributed by atoms with Crippen molar-refractivity contribution < 1.29 is 19.4 Å². The molecule has 1 rings (SSSR count). The van der Waals surface area contributed by atoms with Gasteiger partial charge in [0.25, 0.3) is 0 Å². The number of aliphatic carboxylic acids is 1. The molecule has 0 heterocycles. The van der Waals surface area contributed by atoms with Gasteiger partial charge in [-0.3, -0.25) is 4.79 Å². The van der Waals surface area contributed by atoms with Crippen molar-refractivity contribution in [2.24, 2.45) is 11.7 Å². The Morgan fingerprint density at radius 2 is 2.06 bits per heavy atom. The van der Waals surface area contributed by atoms with E-state index in [-0.39, 0.29) is 12.3 Å². The summed E-state index contributed by atoms with van der Waals surface area (Å²) in [6, 6.07) is 4.91. The molecule has 1 aromatic carbocycles. The van der Waals surface area contributed by atoms with Crippen LogP contribution in [0.4, 0.5) is 0 Å². The van der Waals surface area contributed by atoms with E-state index in [1.165, 1.54) is 0 Å². The standard InChI is InChI=1S/C13H19NO4/c1-8(6-12(15)16)13(14)10-7-9(17-2)4-5-11(10)18-3/h4-5,7-8,13H,6,14H2,1-3H3,(H,15,16). The third-order valence-electron chi connectivity index (χ3n) is 2.91. The maximum atomic E-state index is 10.7. The minimum Gasteiger partial charge on any atom is -0.497 e. The van der Waals surface area contributed by atoms with Crippen molar-refractivity contribution in [3.63, 3.8) is 0 Å². The van der Waals surface area contributed by atoms with E-state index >= 15 is 0 Å². The Hall–Kier alpha value is -1.75. The van der Waals surface area contributed by atoms with Gasteiger partial charge in [-0.25, -0.2) is 0 Å². The second kappa shape index (κ2) is 6.26. The van der Waals surface area contributed by atoms with Crippen molar-refractivity contribution in [2.45, 2.75) is 19.4 Å². The van der Waals surface area contributed by atoms with Gasteiger partial charge in [-0.15, -0.1) is 0 Å². The summed E-state index contributed by atoms with van der Waals surface area (Å²) >= 11 is 0. The SMILES string of the molecule is COc1ccc(OC)c(C(N)C(C)CC(=O)O)c1. The van der Waals surface area contributed by atoms with Crippen LogP contribution in [0.5, 0.6) is 11.5 Å². The van der Waals surface area contributed by atoms with Crippen LogP contribution in [-0.2, 0) is 4.79 Å². The molecule has 0 saturated carbocycles. The number of benzene rings is 1. The lowest BCUT2D eigenvalue weighted by molar-refractivity contribution is -0.138. The van der Waals surface area contributed by atoms with Crippen molar-refractivity contribution >= 4 is 5.97 Å². The monoisotopic (exact) mass is 253 g/mol. The molecular weight excluding hydrogens is 234 g/mol. The topological polar surface area (TPSA) is 81.8 Å². The Balaban J connectivity index is 3.01. The van der Waals surface area contributed by atoms with E-state index in [0.717, 1.165) is 5.56 Å². The molecule has 0 radical (unpaired) electrons. The number of rotatable bonds is 6. The van der Waals surface area contributed by atoms with E-state index in [0.29, 0.717) is 11.5 Å². The van der Waals surface area contributed by atoms with E-state index in [9.17, 15) is 4.79 Å². The molecule has 0 spiro atoms. The van der Waals surface area contributed by atoms with Crippen LogP contribution in [-0.4, -0.2) is 25.3 Å². The first-order chi connectivity index (χ1) is 8.49. The van der Waals surface area contributed by atoms with E-state index in [2.05, 4.69) is 0 Å². The van der Waals surface area contributed by atoms with Crippen molar-refractivity contribution in [1.29, 1.82) is 0 Å². The molecule has 2 unspecified atom stereocenters. The third-order valence-corrected chi connectivity index (χ3v) is 2.91. The predicted molar refractivity (Wildman–Crippen MR) is 67.9 cm³/mol. The number of hydrogen-bond donors (Lipinski definition) is 2. The number of methoxy groups -OCH3 is 2. The number of ether oxygens (including phenoxy) is 2. The summed E-state index contributed by atoms with van der Waals surface area (Å²) in [6.07, 6.45) is 0.0154. The maximum Gasteiger partial charge on any atom is 0.303 e. The first-order valence-corrected chi connectivity index (χ1v) is 5.69. The summed E-state index contributed by atoms with van der Waals surface area (Å²) in [5, 5.41) is 8.80. The molecule has 5 nitrogen and oxygen atoms in total. The van der Waals surface area contributed by atoms with Crippen LogP contribution in [0.3, 0.4) is 0 Å². The summed E-state index contributed by atoms with van der Waals surface area (Å²) in [5.41, 5.74) is 6.84. The Morgan fingerprint density at radius 3 is 2.56 bits per heavy atom. The molecule has 0 aliphatic heterocycles. The number of nitrogens with two attached hydrogens (primary N) is 1. The molecule has 0 saturated heterocycles. The predicted octanol–water partition coefficient (Wildman–Crippen LogP) is 1.81. The lowest BCUT2D eigenvalue weighted by Crippen LogP contribution is -2.22. The van der Waals surface area contributed by atoms with Crippen LogP contribution in [0.15, 0.2) is 18.2 Å². The second-order valence-electron chi connectivity index (χ2n) is 4.21. The maximum absolute atomic E-state index is 10.7. The van der Waals surface area contributed by atoms with E-state index in [4.69, 9.17) is 20.3 Å². The number of carboxylic acid groups (broad SMARTS) is 1. The zero-order chi connectivity index (χ0) is 13.7. The summed E-state index contributed by atoms with van der Waals surface area (Å²) in [6.45, 7) is 1.80. The van der Waals surface area contributed by atoms with Gasteiger partial charge in [-0.05, 0) is 24.1 Å². The van der Waals surface area contributed by atoms with Gasteiger partial charge < -0.3 is 20.3 Å². The van der Waals surface area contributed by atoms with E-state index < -0.39 is 12.0 Å². The van der Waals surface area contributed by atoms with Gasteiger partial charge in [-0.1, -0.05) is 6.92 Å². The van der Waals surface area contributed by atoms with Gasteiger partial charge >= 0.3 is 5.97 Å². The molecule has 0 aliphatic carbocycles. The van der Waals surface area contributed by atoms with Crippen LogP contribution in [0.1, 0.15) is 24.9 Å². The number of carbonyl (C=O) groups is 1. The Labute approximate surface area is 107 Å². The first kappa shape index (κ1) is 14.3. The van der Waals surface area contributed by atoms with Crippen LogP contribution in [0.25, 0.3) is 0 Å². The summed E-state index contributed by atoms with van der Waals surface area (Å²) in [7, 11) is 3.12. The average molecular weight is 253 g/mol. The smallest absolute Gasteiger partial charge is 0.303 e. The highest BCUT2D eigenvalue weighted by Gasteiger charge is 2.21. The summed E-state index contributed by atoms with van der Waals surface area (Å²) in [4.78, 5) is 10.7. The zero-order valence-electron chi connectivity index (χ0n) is 10.8. The van der Waals surface area contributed by atoms with E-state index in [1.54, 1.807) is 39.3 Å². The van der Waals surface area contributed by atoms with Crippen LogP contribution in [0, 0.1) is 5.92 Å². The van der Waals surface area contributed by atoms with Gasteiger partial charge in [0.1, 0.15) is 11.5 Å². The highest BCUT2D eigenvalue weighted by Crippen LogP contribution is 2.32. The fourth-order valence-corrected chi connectivity index (χ4v) is 1.81. The molecule has 2 atom stereocenters. The molecule has 0 bridgehead atoms. The minimum atomic E-state index is -0.861. The van der Waals surface area contributed by atoms with Gasteiger partial charge in [0, 0.05) is 18.0 Å². The fourth-order valence-electron chi connectivity index (χ4n) is 1.81. The molecule has 100 valence electrons. The summed E-state index contributed by atoms with van der Waals surface area (Å²) in [5.74, 6) is 0.257. The van der Waals surface area contributed by atoms with Crippen molar-refractivity contribution in [2.75, 3.05) is 14.2 Å². The Bertz CT molecular complexity index is 419. The Kier molecular flexibility index (Phi) is 4.97. The average Bonchev–Trinajstić information content (AvgIpc) is 2.36. The highest BCUT2D eigenvalue weighted by atomic mass is 16.5. The second-order valence-corrected chi connectivity index (χ2v) is 4.21. The molecule has 1 aromatic rings. The lowest BCUT2D eigenvalue weighted by Gasteiger charge is -2.21. The molecule has 0 aromatic heterocycles. The van der Waals surface area contributed by atoms with Crippen LogP contribution in [0.2, 0.25) is 0 Å². The Morgan fingerprint density at radius 1 is 1.39 bits per heavy atom. The summed E-state index contributed by atoms with van der Waals surface area (Å²) < 4.78 is 10.4. The van der Waals surface area contributed by atoms with Gasteiger partial charge in [0.15, 0.2) is 0 Å². The molecule has 0 aliphatic rings. The van der Waals surface area contributed by atoms with Crippen LogP contribution < -0.4 is 15.2 Å². The highest BCUT2D eigenvalue weighted by molar-refractivity contribution is 5.67. The number of hydrogen-bond acceptors (Lipinski definition) is 4. The van der Waals surface area contributed by atoms with Crippen LogP contribution >= 0.6 is 0 Å². The molecule has 3 N–H and O–H groups in total. The van der Waals surface area contributed by atoms with Crippen molar-refractivity contribution in [3.8, 4) is 11.5 Å². The molecule has 0 amide bonds. The lowest BCUT2D eigenvalue weighted by atomic mass is 9.92. The van der Waals surface area contributed by atoms with E-state index in [1.807, 2.05) is 0 Å². The molecule has 18 heavy (non-hydrogen) atoms. The van der Waals surface area contributed by atoms with Gasteiger partial charge in [0.2, 0.25) is 0 Å². The molecule has 0 fully saturated rings. The van der Waals surface area contributed by atoms with Gasteiger partial charge in [-0.2, -0.15) is 0 Å². The molecular formula is C13H19NO4. The largest absolute Gasteiger partial charge is 0.497 e. The van der Waals surface area contributed by atoms with Crippen molar-refractivity contribution in [3.05, 3.63) is 23.8 Å². The quantitative estimate of drug-likeness (QED) is 0.808. The van der Waals surface area contributed by atoms with Gasteiger partial charge in [0.05, 0.1) is 14.2 Å². The normalized spacial score (nSPS) is 13.8. The number of carboxylic acids is 1.